The van der Waals surface area contributed by atoms with Crippen molar-refractivity contribution in [1.82, 2.24) is 0 Å². The molecular formula is C6H4Br2S. The number of hydrogen-bond acceptors (Lipinski definition) is 1. The Labute approximate surface area is 76.3 Å². The first-order valence-corrected chi connectivity index (χ1v) is 4.37. The Bertz CT molecular complexity index is 222. The molecule has 0 unspecified atom stereocenters. The lowest BCUT2D eigenvalue weighted by atomic mass is 10.4. The van der Waals surface area contributed by atoms with Crippen LogP contribution in [0.25, 0.3) is 0 Å². The van der Waals surface area contributed by atoms with E-state index in [1.54, 1.807) is 0 Å². The van der Waals surface area contributed by atoms with Crippen LogP contribution in [0.2, 0.25) is 0 Å². The van der Waals surface area contributed by atoms with Crippen molar-refractivity contribution in [2.45, 2.75) is 4.90 Å². The lowest BCUT2D eigenvalue weighted by molar-refractivity contribution is 1.42. The van der Waals surface area contributed by atoms with Gasteiger partial charge in [0.2, 0.25) is 0 Å². The van der Waals surface area contributed by atoms with Crippen LogP contribution in [-0.2, 0) is 0 Å². The second-order valence-electron chi connectivity index (χ2n) is 1.60. The summed E-state index contributed by atoms with van der Waals surface area (Å²) in [6, 6.07) is 5.82. The molecule has 3 heteroatoms. The summed E-state index contributed by atoms with van der Waals surface area (Å²) in [6.45, 7) is 0. The van der Waals surface area contributed by atoms with E-state index < -0.39 is 0 Å². The van der Waals surface area contributed by atoms with Crippen molar-refractivity contribution in [3.63, 3.8) is 0 Å². The first kappa shape index (κ1) is 7.63. The van der Waals surface area contributed by atoms with Crippen LogP contribution in [0.15, 0.2) is 32.0 Å². The molecule has 0 N–H and O–H groups in total. The van der Waals surface area contributed by atoms with E-state index in [-0.39, 0.29) is 0 Å². The Morgan fingerprint density at radius 3 is 2.22 bits per heavy atom. The van der Waals surface area contributed by atoms with Gasteiger partial charge in [-0.15, -0.1) is 12.6 Å². The minimum Gasteiger partial charge on any atom is -0.143 e. The maximum Gasteiger partial charge on any atom is 0.0328 e. The quantitative estimate of drug-likeness (QED) is 0.684. The van der Waals surface area contributed by atoms with E-state index in [9.17, 15) is 0 Å². The van der Waals surface area contributed by atoms with Crippen molar-refractivity contribution in [3.8, 4) is 0 Å². The van der Waals surface area contributed by atoms with Crippen LogP contribution in [0, 0.1) is 0 Å². The molecule has 48 valence electrons. The van der Waals surface area contributed by atoms with Gasteiger partial charge >= 0.3 is 0 Å². The number of rotatable bonds is 0. The van der Waals surface area contributed by atoms with Crippen LogP contribution in [-0.4, -0.2) is 0 Å². The lowest BCUT2D eigenvalue weighted by Gasteiger charge is -1.94. The predicted molar refractivity (Wildman–Crippen MR) is 49.1 cm³/mol. The average Bonchev–Trinajstić information content (AvgIpc) is 1.80. The average molecular weight is 268 g/mol. The van der Waals surface area contributed by atoms with Gasteiger partial charge in [0.1, 0.15) is 0 Å². The number of thiol groups is 1. The molecule has 1 aromatic rings. The zero-order chi connectivity index (χ0) is 6.85. The molecule has 1 aromatic carbocycles. The number of benzene rings is 1. The van der Waals surface area contributed by atoms with Crippen LogP contribution in [0.5, 0.6) is 0 Å². The van der Waals surface area contributed by atoms with Crippen molar-refractivity contribution in [1.29, 1.82) is 0 Å². The van der Waals surface area contributed by atoms with E-state index in [0.29, 0.717) is 0 Å². The molecule has 0 aliphatic carbocycles. The SMILES string of the molecule is Sc1ccc(Br)c(Br)c1. The highest BCUT2D eigenvalue weighted by Gasteiger charge is 1.93. The summed E-state index contributed by atoms with van der Waals surface area (Å²) in [5.74, 6) is 0. The van der Waals surface area contributed by atoms with Crippen LogP contribution in [0.3, 0.4) is 0 Å². The fourth-order valence-corrected chi connectivity index (χ4v) is 1.49. The summed E-state index contributed by atoms with van der Waals surface area (Å²) in [5.41, 5.74) is 0. The number of hydrogen-bond donors (Lipinski definition) is 1. The first-order chi connectivity index (χ1) is 4.20. The van der Waals surface area contributed by atoms with E-state index >= 15 is 0 Å². The van der Waals surface area contributed by atoms with Crippen molar-refractivity contribution >= 4 is 44.5 Å². The third kappa shape index (κ3) is 1.99. The summed E-state index contributed by atoms with van der Waals surface area (Å²) < 4.78 is 2.09. The second-order valence-corrected chi connectivity index (χ2v) is 3.82. The monoisotopic (exact) mass is 266 g/mol. The molecule has 0 bridgehead atoms. The zero-order valence-corrected chi connectivity index (χ0v) is 8.50. The Morgan fingerprint density at radius 2 is 1.78 bits per heavy atom. The highest BCUT2D eigenvalue weighted by Crippen LogP contribution is 2.24. The van der Waals surface area contributed by atoms with Crippen molar-refractivity contribution in [3.05, 3.63) is 27.1 Å². The van der Waals surface area contributed by atoms with Crippen LogP contribution >= 0.6 is 44.5 Å². The van der Waals surface area contributed by atoms with Gasteiger partial charge in [0, 0.05) is 13.8 Å². The molecule has 0 spiro atoms. The molecule has 0 saturated carbocycles. The molecule has 0 fully saturated rings. The fourth-order valence-electron chi connectivity index (χ4n) is 0.485. The Morgan fingerprint density at radius 1 is 1.11 bits per heavy atom. The van der Waals surface area contributed by atoms with Gasteiger partial charge in [-0.1, -0.05) is 0 Å². The van der Waals surface area contributed by atoms with Gasteiger partial charge in [0.15, 0.2) is 0 Å². The van der Waals surface area contributed by atoms with E-state index in [1.807, 2.05) is 18.2 Å². The summed E-state index contributed by atoms with van der Waals surface area (Å²) >= 11 is 10.8. The minimum atomic E-state index is 0.963. The molecule has 0 nitrogen and oxygen atoms in total. The second kappa shape index (κ2) is 3.08. The standard InChI is InChI=1S/C6H4Br2S/c7-5-2-1-4(9)3-6(5)8/h1-3,9H. The summed E-state index contributed by atoms with van der Waals surface area (Å²) in [4.78, 5) is 0.963. The maximum atomic E-state index is 4.15. The Balaban J connectivity index is 3.17. The van der Waals surface area contributed by atoms with Crippen molar-refractivity contribution < 1.29 is 0 Å². The predicted octanol–water partition coefficient (Wildman–Crippen LogP) is 3.50. The van der Waals surface area contributed by atoms with Crippen molar-refractivity contribution in [2.75, 3.05) is 0 Å². The van der Waals surface area contributed by atoms with Gasteiger partial charge in [-0.05, 0) is 50.1 Å². The molecule has 9 heavy (non-hydrogen) atoms. The highest BCUT2D eigenvalue weighted by molar-refractivity contribution is 9.13. The van der Waals surface area contributed by atoms with Gasteiger partial charge in [0.25, 0.3) is 0 Å². The van der Waals surface area contributed by atoms with Gasteiger partial charge in [-0.2, -0.15) is 0 Å². The van der Waals surface area contributed by atoms with E-state index in [0.717, 1.165) is 13.8 Å². The topological polar surface area (TPSA) is 0 Å². The molecule has 0 aliphatic heterocycles. The third-order valence-corrected chi connectivity index (χ3v) is 3.06. The van der Waals surface area contributed by atoms with Crippen LogP contribution in [0.4, 0.5) is 0 Å². The molecule has 0 atom stereocenters. The maximum absolute atomic E-state index is 4.15. The molecule has 0 aromatic heterocycles. The lowest BCUT2D eigenvalue weighted by Crippen LogP contribution is -1.68. The Kier molecular flexibility index (Phi) is 2.61. The minimum absolute atomic E-state index is 0.963. The molecule has 0 saturated heterocycles. The molecule has 0 heterocycles. The molecule has 0 amide bonds. The number of halogens is 2. The summed E-state index contributed by atoms with van der Waals surface area (Å²) in [7, 11) is 0. The molecule has 0 radical (unpaired) electrons. The normalized spacial score (nSPS) is 9.67. The largest absolute Gasteiger partial charge is 0.143 e. The highest BCUT2D eigenvalue weighted by atomic mass is 79.9. The molecular weight excluding hydrogens is 264 g/mol. The van der Waals surface area contributed by atoms with E-state index in [4.69, 9.17) is 0 Å². The van der Waals surface area contributed by atoms with Gasteiger partial charge in [0.05, 0.1) is 0 Å². The van der Waals surface area contributed by atoms with Gasteiger partial charge in [-0.3, -0.25) is 0 Å². The van der Waals surface area contributed by atoms with Crippen LogP contribution in [0.1, 0.15) is 0 Å². The summed E-state index contributed by atoms with van der Waals surface area (Å²) in [5, 5.41) is 0. The summed E-state index contributed by atoms with van der Waals surface area (Å²) in [6.07, 6.45) is 0. The Hall–Kier alpha value is 0.530. The van der Waals surface area contributed by atoms with Crippen LogP contribution < -0.4 is 0 Å². The zero-order valence-electron chi connectivity index (χ0n) is 4.44. The first-order valence-electron chi connectivity index (χ1n) is 2.34. The van der Waals surface area contributed by atoms with Gasteiger partial charge in [-0.25, -0.2) is 0 Å². The van der Waals surface area contributed by atoms with Crippen molar-refractivity contribution in [2.24, 2.45) is 0 Å². The van der Waals surface area contributed by atoms with E-state index in [2.05, 4.69) is 44.5 Å². The molecule has 1 rings (SSSR count). The fraction of sp³-hybridized carbons (Fsp3) is 0. The molecule has 0 aliphatic rings. The third-order valence-electron chi connectivity index (χ3n) is 0.903. The van der Waals surface area contributed by atoms with E-state index in [1.165, 1.54) is 0 Å². The van der Waals surface area contributed by atoms with Gasteiger partial charge < -0.3 is 0 Å². The smallest absolute Gasteiger partial charge is 0.0328 e.